The highest BCUT2D eigenvalue weighted by molar-refractivity contribution is 5.16. The van der Waals surface area contributed by atoms with E-state index < -0.39 is 5.60 Å². The van der Waals surface area contributed by atoms with E-state index in [-0.39, 0.29) is 0 Å². The summed E-state index contributed by atoms with van der Waals surface area (Å²) < 4.78 is 5.78. The molecule has 0 amide bonds. The molecule has 2 atom stereocenters. The molecule has 2 saturated heterocycles. The van der Waals surface area contributed by atoms with Gasteiger partial charge >= 0.3 is 0 Å². The fourth-order valence-electron chi connectivity index (χ4n) is 4.12. The fourth-order valence-corrected chi connectivity index (χ4v) is 4.12. The summed E-state index contributed by atoms with van der Waals surface area (Å²) in [5.74, 6) is 6.50. The molecule has 0 radical (unpaired) electrons. The molecule has 25 heavy (non-hydrogen) atoms. The van der Waals surface area contributed by atoms with Crippen LogP contribution in [0.15, 0.2) is 30.3 Å². The number of morpholine rings is 1. The zero-order chi connectivity index (χ0) is 17.5. The summed E-state index contributed by atoms with van der Waals surface area (Å²) in [5, 5.41) is 11.1. The average Bonchev–Trinajstić information content (AvgIpc) is 2.60. The minimum Gasteiger partial charge on any atom is -0.389 e. The zero-order valence-electron chi connectivity index (χ0n) is 15.4. The van der Waals surface area contributed by atoms with Crippen LogP contribution >= 0.6 is 0 Å². The third-order valence-electron chi connectivity index (χ3n) is 5.45. The number of ether oxygens (including phenoxy) is 1. The molecule has 1 aromatic carbocycles. The van der Waals surface area contributed by atoms with Gasteiger partial charge in [-0.2, -0.15) is 0 Å². The lowest BCUT2D eigenvalue weighted by Crippen LogP contribution is -2.61. The van der Waals surface area contributed by atoms with Gasteiger partial charge in [0.05, 0.1) is 18.8 Å². The summed E-state index contributed by atoms with van der Waals surface area (Å²) in [6.45, 7) is 4.59. The maximum Gasteiger partial charge on any atom is 0.0788 e. The molecular weight excluding hydrogens is 310 g/mol. The van der Waals surface area contributed by atoms with Crippen LogP contribution in [0.3, 0.4) is 0 Å². The fraction of sp³-hybridized carbons (Fsp3) is 0.636. The van der Waals surface area contributed by atoms with Crippen LogP contribution in [0.5, 0.6) is 0 Å². The van der Waals surface area contributed by atoms with Crippen LogP contribution in [0.4, 0.5) is 0 Å². The average molecular weight is 341 g/mol. The van der Waals surface area contributed by atoms with E-state index in [4.69, 9.17) is 4.74 Å². The number of hydrogen-bond acceptors (Lipinski definition) is 3. The number of unbranched alkanes of at least 4 members (excludes halogenated alkanes) is 3. The molecule has 0 saturated carbocycles. The van der Waals surface area contributed by atoms with E-state index in [0.29, 0.717) is 18.5 Å². The Morgan fingerprint density at radius 2 is 1.84 bits per heavy atom. The first-order valence-electron chi connectivity index (χ1n) is 9.76. The minimum absolute atomic E-state index is 0.291. The molecule has 1 N–H and O–H groups in total. The van der Waals surface area contributed by atoms with Crippen molar-refractivity contribution in [2.75, 3.05) is 13.2 Å². The van der Waals surface area contributed by atoms with Gasteiger partial charge < -0.3 is 9.84 Å². The Hall–Kier alpha value is -1.34. The second-order valence-corrected chi connectivity index (χ2v) is 7.62. The molecule has 0 aliphatic carbocycles. The van der Waals surface area contributed by atoms with E-state index in [9.17, 15) is 5.11 Å². The molecule has 2 unspecified atom stereocenters. The standard InChI is InChI=1S/C22H31NO2/c1-2-3-4-5-6-10-13-22(24)14-20-17-25-18-21(15-22)23(20)16-19-11-8-7-9-12-19/h7-9,11-12,20-21,24H,2-5,13-18H2,1H3. The van der Waals surface area contributed by atoms with E-state index >= 15 is 0 Å². The van der Waals surface area contributed by atoms with Gasteiger partial charge in [-0.15, -0.1) is 11.8 Å². The molecule has 2 bridgehead atoms. The second kappa shape index (κ2) is 8.85. The number of piperidine rings is 1. The third-order valence-corrected chi connectivity index (χ3v) is 5.45. The molecule has 2 fully saturated rings. The van der Waals surface area contributed by atoms with Crippen molar-refractivity contribution in [1.82, 2.24) is 4.90 Å². The van der Waals surface area contributed by atoms with Crippen molar-refractivity contribution in [3.63, 3.8) is 0 Å². The van der Waals surface area contributed by atoms with Gasteiger partial charge in [0.25, 0.3) is 0 Å². The molecule has 0 aromatic heterocycles. The largest absolute Gasteiger partial charge is 0.389 e. The highest BCUT2D eigenvalue weighted by Crippen LogP contribution is 2.37. The van der Waals surface area contributed by atoms with Crippen molar-refractivity contribution < 1.29 is 9.84 Å². The van der Waals surface area contributed by atoms with E-state index in [2.05, 4.69) is 54.0 Å². The number of hydrogen-bond donors (Lipinski definition) is 1. The van der Waals surface area contributed by atoms with Gasteiger partial charge in [0, 0.05) is 31.5 Å². The van der Waals surface area contributed by atoms with Crippen LogP contribution in [-0.4, -0.2) is 40.9 Å². The first-order chi connectivity index (χ1) is 12.2. The van der Waals surface area contributed by atoms with E-state index in [1.807, 2.05) is 0 Å². The van der Waals surface area contributed by atoms with Gasteiger partial charge in [-0.25, -0.2) is 0 Å². The van der Waals surface area contributed by atoms with Crippen molar-refractivity contribution in [2.45, 2.75) is 76.1 Å². The van der Waals surface area contributed by atoms with Gasteiger partial charge in [0.1, 0.15) is 0 Å². The number of aliphatic hydroxyl groups is 1. The molecule has 2 heterocycles. The van der Waals surface area contributed by atoms with Gasteiger partial charge in [-0.3, -0.25) is 4.90 Å². The van der Waals surface area contributed by atoms with E-state index in [1.165, 1.54) is 24.8 Å². The second-order valence-electron chi connectivity index (χ2n) is 7.62. The Morgan fingerprint density at radius 1 is 1.12 bits per heavy atom. The molecule has 2 aliphatic heterocycles. The lowest BCUT2D eigenvalue weighted by Gasteiger charge is -2.51. The summed E-state index contributed by atoms with van der Waals surface area (Å²) in [7, 11) is 0. The first kappa shape index (κ1) is 18.5. The number of benzene rings is 1. The number of nitrogens with zero attached hydrogens (tertiary/aromatic N) is 1. The summed E-state index contributed by atoms with van der Waals surface area (Å²) in [4.78, 5) is 2.53. The van der Waals surface area contributed by atoms with E-state index in [0.717, 1.165) is 39.0 Å². The zero-order valence-corrected chi connectivity index (χ0v) is 15.4. The van der Waals surface area contributed by atoms with Crippen LogP contribution in [-0.2, 0) is 11.3 Å². The highest BCUT2D eigenvalue weighted by atomic mass is 16.5. The molecule has 136 valence electrons. The predicted molar refractivity (Wildman–Crippen MR) is 101 cm³/mol. The SMILES string of the molecule is CCCCCC#CCC1(O)CC2COCC(C1)N2Cc1ccccc1. The third kappa shape index (κ3) is 5.07. The lowest BCUT2D eigenvalue weighted by atomic mass is 9.79. The topological polar surface area (TPSA) is 32.7 Å². The molecule has 1 aromatic rings. The minimum atomic E-state index is -0.649. The molecular formula is C22H31NO2. The Kier molecular flexibility index (Phi) is 6.53. The normalized spacial score (nSPS) is 29.0. The number of rotatable bonds is 6. The molecule has 2 aliphatic rings. The van der Waals surface area contributed by atoms with Gasteiger partial charge in [-0.05, 0) is 24.8 Å². The molecule has 3 rings (SSSR count). The summed E-state index contributed by atoms with van der Waals surface area (Å²) in [6, 6.07) is 11.2. The monoisotopic (exact) mass is 341 g/mol. The Balaban J connectivity index is 1.58. The van der Waals surface area contributed by atoms with Crippen LogP contribution < -0.4 is 0 Å². The molecule has 0 spiro atoms. The van der Waals surface area contributed by atoms with Crippen LogP contribution in [0, 0.1) is 11.8 Å². The van der Waals surface area contributed by atoms with Crippen LogP contribution in [0.25, 0.3) is 0 Å². The van der Waals surface area contributed by atoms with Gasteiger partial charge in [0.15, 0.2) is 0 Å². The Bertz CT molecular complexity index is 575. The quantitative estimate of drug-likeness (QED) is 0.632. The van der Waals surface area contributed by atoms with Crippen LogP contribution in [0.2, 0.25) is 0 Å². The summed E-state index contributed by atoms with van der Waals surface area (Å²) in [5.41, 5.74) is 0.685. The number of fused-ring (bicyclic) bond motifs is 2. The van der Waals surface area contributed by atoms with Crippen molar-refractivity contribution in [1.29, 1.82) is 0 Å². The summed E-state index contributed by atoms with van der Waals surface area (Å²) >= 11 is 0. The smallest absolute Gasteiger partial charge is 0.0788 e. The first-order valence-corrected chi connectivity index (χ1v) is 9.76. The van der Waals surface area contributed by atoms with Gasteiger partial charge in [0.2, 0.25) is 0 Å². The van der Waals surface area contributed by atoms with Gasteiger partial charge in [-0.1, -0.05) is 50.1 Å². The Morgan fingerprint density at radius 3 is 2.52 bits per heavy atom. The molecule has 3 nitrogen and oxygen atoms in total. The Labute approximate surface area is 152 Å². The molecule has 3 heteroatoms. The van der Waals surface area contributed by atoms with Crippen molar-refractivity contribution in [2.24, 2.45) is 0 Å². The highest BCUT2D eigenvalue weighted by Gasteiger charge is 2.45. The summed E-state index contributed by atoms with van der Waals surface area (Å²) in [6.07, 6.45) is 6.73. The van der Waals surface area contributed by atoms with Crippen LogP contribution in [0.1, 0.15) is 57.4 Å². The van der Waals surface area contributed by atoms with Crippen molar-refractivity contribution in [3.05, 3.63) is 35.9 Å². The predicted octanol–water partition coefficient (Wildman–Crippen LogP) is 3.75. The maximum atomic E-state index is 11.1. The lowest BCUT2D eigenvalue weighted by molar-refractivity contribution is -0.144. The van der Waals surface area contributed by atoms with E-state index in [1.54, 1.807) is 0 Å². The maximum absolute atomic E-state index is 11.1. The van der Waals surface area contributed by atoms with Crippen molar-refractivity contribution >= 4 is 0 Å². The van der Waals surface area contributed by atoms with Crippen molar-refractivity contribution in [3.8, 4) is 11.8 Å².